The number of phenols is 2. The zero-order valence-electron chi connectivity index (χ0n) is 12.0. The van der Waals surface area contributed by atoms with Gasteiger partial charge in [0.05, 0.1) is 0 Å². The van der Waals surface area contributed by atoms with Gasteiger partial charge in [0.25, 0.3) is 0 Å². The number of benzene rings is 3. The second-order valence-electron chi connectivity index (χ2n) is 5.04. The van der Waals surface area contributed by atoms with Crippen LogP contribution in [0, 0.1) is 0 Å². The van der Waals surface area contributed by atoms with E-state index < -0.39 is 0 Å². The van der Waals surface area contributed by atoms with E-state index in [1.165, 1.54) is 6.07 Å². The maximum absolute atomic E-state index is 9.81. The van der Waals surface area contributed by atoms with Gasteiger partial charge in [0.1, 0.15) is 0 Å². The Morgan fingerprint density at radius 1 is 0.636 bits per heavy atom. The van der Waals surface area contributed by atoms with Crippen LogP contribution in [0.3, 0.4) is 0 Å². The van der Waals surface area contributed by atoms with Crippen molar-refractivity contribution >= 4 is 12.2 Å². The molecule has 0 unspecified atom stereocenters. The first-order valence-corrected chi connectivity index (χ1v) is 7.08. The molecule has 0 aliphatic carbocycles. The summed E-state index contributed by atoms with van der Waals surface area (Å²) in [5.41, 5.74) is 3.93. The lowest BCUT2D eigenvalue weighted by molar-refractivity contribution is 0.403. The first kappa shape index (κ1) is 14.0. The number of hydrogen-bond donors (Lipinski definition) is 2. The van der Waals surface area contributed by atoms with Crippen LogP contribution in [0.1, 0.15) is 11.1 Å². The van der Waals surface area contributed by atoms with Crippen molar-refractivity contribution in [2.75, 3.05) is 0 Å². The Hall–Kier alpha value is -3.00. The number of para-hydroxylation sites is 1. The average molecular weight is 288 g/mol. The highest BCUT2D eigenvalue weighted by Crippen LogP contribution is 2.29. The van der Waals surface area contributed by atoms with Crippen LogP contribution in [0.2, 0.25) is 0 Å². The molecular weight excluding hydrogens is 272 g/mol. The number of hydrogen-bond acceptors (Lipinski definition) is 2. The van der Waals surface area contributed by atoms with Gasteiger partial charge in [-0.25, -0.2) is 0 Å². The van der Waals surface area contributed by atoms with E-state index in [1.807, 2.05) is 36.4 Å². The van der Waals surface area contributed by atoms with Crippen LogP contribution in [0.15, 0.2) is 72.8 Å². The van der Waals surface area contributed by atoms with Gasteiger partial charge in [-0.05, 0) is 28.8 Å². The van der Waals surface area contributed by atoms with Crippen molar-refractivity contribution in [3.63, 3.8) is 0 Å². The van der Waals surface area contributed by atoms with E-state index in [4.69, 9.17) is 0 Å². The standard InChI is InChI=1S/C20H16O2/c21-19-11-5-9-17(20(19)22)13-12-15-6-4-10-18(14-15)16-7-2-1-3-8-16/h1-14,21-22H/b13-12+. The summed E-state index contributed by atoms with van der Waals surface area (Å²) in [4.78, 5) is 0. The monoisotopic (exact) mass is 288 g/mol. The van der Waals surface area contributed by atoms with Crippen LogP contribution in [-0.2, 0) is 0 Å². The predicted octanol–water partition coefficient (Wildman–Crippen LogP) is 4.94. The van der Waals surface area contributed by atoms with Gasteiger partial charge in [-0.15, -0.1) is 0 Å². The van der Waals surface area contributed by atoms with E-state index in [0.29, 0.717) is 5.56 Å². The maximum Gasteiger partial charge on any atom is 0.164 e. The Morgan fingerprint density at radius 3 is 2.18 bits per heavy atom. The molecule has 0 atom stereocenters. The third kappa shape index (κ3) is 3.01. The maximum atomic E-state index is 9.81. The minimum absolute atomic E-state index is 0.0991. The molecule has 108 valence electrons. The smallest absolute Gasteiger partial charge is 0.164 e. The first-order valence-electron chi connectivity index (χ1n) is 7.08. The van der Waals surface area contributed by atoms with Gasteiger partial charge < -0.3 is 10.2 Å². The fourth-order valence-corrected chi connectivity index (χ4v) is 2.32. The van der Waals surface area contributed by atoms with Crippen LogP contribution < -0.4 is 0 Å². The van der Waals surface area contributed by atoms with Gasteiger partial charge in [0, 0.05) is 5.56 Å². The number of rotatable bonds is 3. The Labute approximate surface area is 129 Å². The Kier molecular flexibility index (Phi) is 3.92. The fraction of sp³-hybridized carbons (Fsp3) is 0. The lowest BCUT2D eigenvalue weighted by Gasteiger charge is -2.03. The SMILES string of the molecule is Oc1cccc(/C=C/c2cccc(-c3ccccc3)c2)c1O. The van der Waals surface area contributed by atoms with E-state index in [0.717, 1.165) is 16.7 Å². The van der Waals surface area contributed by atoms with Gasteiger partial charge >= 0.3 is 0 Å². The van der Waals surface area contributed by atoms with Crippen LogP contribution in [0.25, 0.3) is 23.3 Å². The van der Waals surface area contributed by atoms with Gasteiger partial charge in [-0.1, -0.05) is 72.8 Å². The Bertz CT molecular complexity index is 805. The molecule has 0 fully saturated rings. The quantitative estimate of drug-likeness (QED) is 0.529. The third-order valence-corrected chi connectivity index (χ3v) is 3.50. The summed E-state index contributed by atoms with van der Waals surface area (Å²) >= 11 is 0. The van der Waals surface area contributed by atoms with Gasteiger partial charge in [-0.3, -0.25) is 0 Å². The lowest BCUT2D eigenvalue weighted by Crippen LogP contribution is -1.79. The summed E-state index contributed by atoms with van der Waals surface area (Å²) in [5.74, 6) is -0.210. The van der Waals surface area contributed by atoms with E-state index in [1.54, 1.807) is 18.2 Å². The molecule has 0 aromatic heterocycles. The minimum atomic E-state index is -0.111. The molecule has 0 saturated heterocycles. The predicted molar refractivity (Wildman–Crippen MR) is 90.6 cm³/mol. The first-order chi connectivity index (χ1) is 10.7. The molecule has 3 rings (SSSR count). The van der Waals surface area contributed by atoms with Crippen molar-refractivity contribution in [2.24, 2.45) is 0 Å². The zero-order chi connectivity index (χ0) is 15.4. The van der Waals surface area contributed by atoms with Crippen molar-refractivity contribution in [3.8, 4) is 22.6 Å². The van der Waals surface area contributed by atoms with Gasteiger partial charge in [0.2, 0.25) is 0 Å². The highest BCUT2D eigenvalue weighted by atomic mass is 16.3. The molecule has 3 aromatic rings. The third-order valence-electron chi connectivity index (χ3n) is 3.50. The minimum Gasteiger partial charge on any atom is -0.504 e. The molecule has 3 aromatic carbocycles. The molecule has 2 nitrogen and oxygen atoms in total. The zero-order valence-corrected chi connectivity index (χ0v) is 12.0. The molecule has 22 heavy (non-hydrogen) atoms. The van der Waals surface area contributed by atoms with E-state index in [9.17, 15) is 10.2 Å². The van der Waals surface area contributed by atoms with Crippen LogP contribution in [-0.4, -0.2) is 10.2 Å². The van der Waals surface area contributed by atoms with Crippen molar-refractivity contribution in [1.82, 2.24) is 0 Å². The summed E-state index contributed by atoms with van der Waals surface area (Å²) in [6, 6.07) is 23.3. The molecule has 0 amide bonds. The normalized spacial score (nSPS) is 10.9. The number of phenolic OH excluding ortho intramolecular Hbond substituents is 2. The summed E-state index contributed by atoms with van der Waals surface area (Å²) in [6.45, 7) is 0. The van der Waals surface area contributed by atoms with Crippen molar-refractivity contribution in [1.29, 1.82) is 0 Å². The van der Waals surface area contributed by atoms with Crippen molar-refractivity contribution in [3.05, 3.63) is 83.9 Å². The average Bonchev–Trinajstić information content (AvgIpc) is 2.57. The highest BCUT2D eigenvalue weighted by molar-refractivity contribution is 5.76. The van der Waals surface area contributed by atoms with E-state index in [-0.39, 0.29) is 11.5 Å². The molecular formula is C20H16O2. The van der Waals surface area contributed by atoms with Crippen LogP contribution >= 0.6 is 0 Å². The van der Waals surface area contributed by atoms with Crippen LogP contribution in [0.4, 0.5) is 0 Å². The van der Waals surface area contributed by atoms with Gasteiger partial charge in [0.15, 0.2) is 11.5 Å². The second-order valence-corrected chi connectivity index (χ2v) is 5.04. The fourth-order valence-electron chi connectivity index (χ4n) is 2.32. The Morgan fingerprint density at radius 2 is 1.36 bits per heavy atom. The molecule has 0 aliphatic heterocycles. The van der Waals surface area contributed by atoms with Crippen LogP contribution in [0.5, 0.6) is 11.5 Å². The summed E-state index contributed by atoms with van der Waals surface area (Å²) < 4.78 is 0. The molecule has 0 bridgehead atoms. The van der Waals surface area contributed by atoms with E-state index >= 15 is 0 Å². The molecule has 0 saturated carbocycles. The highest BCUT2D eigenvalue weighted by Gasteiger charge is 2.02. The lowest BCUT2D eigenvalue weighted by atomic mass is 10.0. The van der Waals surface area contributed by atoms with Gasteiger partial charge in [-0.2, -0.15) is 0 Å². The van der Waals surface area contributed by atoms with Crippen molar-refractivity contribution < 1.29 is 10.2 Å². The summed E-state index contributed by atoms with van der Waals surface area (Å²) in [6.07, 6.45) is 3.71. The molecule has 0 spiro atoms. The second kappa shape index (κ2) is 6.19. The molecule has 2 N–H and O–H groups in total. The number of aromatic hydroxyl groups is 2. The van der Waals surface area contributed by atoms with Crippen molar-refractivity contribution in [2.45, 2.75) is 0 Å². The topological polar surface area (TPSA) is 40.5 Å². The van der Waals surface area contributed by atoms with E-state index in [2.05, 4.69) is 24.3 Å². The summed E-state index contributed by atoms with van der Waals surface area (Å²) in [7, 11) is 0. The molecule has 0 radical (unpaired) electrons. The largest absolute Gasteiger partial charge is 0.504 e. The molecule has 0 heterocycles. The molecule has 2 heteroatoms. The summed E-state index contributed by atoms with van der Waals surface area (Å²) in [5, 5.41) is 19.3. The molecule has 0 aliphatic rings. The Balaban J connectivity index is 1.90.